The summed E-state index contributed by atoms with van der Waals surface area (Å²) in [7, 11) is 0. The number of rotatable bonds is 6. The lowest BCUT2D eigenvalue weighted by Gasteiger charge is -2.24. The molecule has 0 spiro atoms. The van der Waals surface area contributed by atoms with E-state index >= 15 is 0 Å². The zero-order valence-electron chi connectivity index (χ0n) is 9.98. The van der Waals surface area contributed by atoms with Crippen LogP contribution in [0.3, 0.4) is 0 Å². The predicted octanol–water partition coefficient (Wildman–Crippen LogP) is 1.94. The van der Waals surface area contributed by atoms with E-state index < -0.39 is 24.9 Å². The Morgan fingerprint density at radius 1 is 1.33 bits per heavy atom. The van der Waals surface area contributed by atoms with E-state index in [4.69, 9.17) is 5.11 Å². The highest BCUT2D eigenvalue weighted by atomic mass is 19.3. The van der Waals surface area contributed by atoms with Gasteiger partial charge >= 0.3 is 0 Å². The van der Waals surface area contributed by atoms with Crippen LogP contribution in [0, 0.1) is 5.82 Å². The molecule has 0 saturated heterocycles. The van der Waals surface area contributed by atoms with Gasteiger partial charge in [0.05, 0.1) is 24.9 Å². The number of alkyl halides is 2. The van der Waals surface area contributed by atoms with Gasteiger partial charge in [-0.05, 0) is 24.6 Å². The number of anilines is 1. The first kappa shape index (κ1) is 14.8. The lowest BCUT2D eigenvalue weighted by Crippen LogP contribution is -2.32. The second-order valence-corrected chi connectivity index (χ2v) is 3.95. The molecule has 0 saturated carbocycles. The zero-order chi connectivity index (χ0) is 13.7. The van der Waals surface area contributed by atoms with Crippen molar-refractivity contribution < 1.29 is 23.4 Å². The molecule has 102 valence electrons. The molecule has 1 unspecified atom stereocenters. The number of hydrogen-bond acceptors (Lipinski definition) is 3. The van der Waals surface area contributed by atoms with Gasteiger partial charge in [0, 0.05) is 6.54 Å². The molecule has 0 aromatic heterocycles. The molecule has 0 aliphatic heterocycles. The molecule has 0 radical (unpaired) electrons. The van der Waals surface area contributed by atoms with Crippen molar-refractivity contribution in [2.45, 2.75) is 19.5 Å². The summed E-state index contributed by atoms with van der Waals surface area (Å²) < 4.78 is 38.4. The van der Waals surface area contributed by atoms with Crippen LogP contribution in [0.15, 0.2) is 18.2 Å². The molecule has 0 amide bonds. The monoisotopic (exact) mass is 263 g/mol. The van der Waals surface area contributed by atoms with Gasteiger partial charge in [-0.25, -0.2) is 13.2 Å². The Labute approximate surface area is 103 Å². The third-order valence-corrected chi connectivity index (χ3v) is 2.52. The van der Waals surface area contributed by atoms with Crippen molar-refractivity contribution in [3.63, 3.8) is 0 Å². The van der Waals surface area contributed by atoms with Gasteiger partial charge in [0.2, 0.25) is 0 Å². The molecule has 1 aromatic rings. The van der Waals surface area contributed by atoms with Crippen molar-refractivity contribution in [3.05, 3.63) is 29.6 Å². The Morgan fingerprint density at radius 3 is 2.44 bits per heavy atom. The van der Waals surface area contributed by atoms with E-state index in [1.165, 1.54) is 19.1 Å². The van der Waals surface area contributed by atoms with Gasteiger partial charge in [0.15, 0.2) is 0 Å². The van der Waals surface area contributed by atoms with Crippen molar-refractivity contribution in [2.75, 3.05) is 24.6 Å². The maximum Gasteiger partial charge on any atom is 0.255 e. The van der Waals surface area contributed by atoms with Gasteiger partial charge in [-0.1, -0.05) is 6.07 Å². The summed E-state index contributed by atoms with van der Waals surface area (Å²) in [4.78, 5) is 1.08. The molecular formula is C12H16F3NO2. The SMILES string of the molecule is CC(O)c1ccc(N(CCO)CC(F)F)c(F)c1. The summed E-state index contributed by atoms with van der Waals surface area (Å²) in [6, 6.07) is 3.91. The van der Waals surface area contributed by atoms with E-state index in [0.29, 0.717) is 5.56 Å². The number of halogens is 3. The van der Waals surface area contributed by atoms with E-state index in [0.717, 1.165) is 11.0 Å². The standard InChI is InChI=1S/C12H16F3NO2/c1-8(18)9-2-3-11(10(13)6-9)16(4-5-17)7-12(14)15/h2-3,6,8,12,17-18H,4-5,7H2,1H3. The van der Waals surface area contributed by atoms with Gasteiger partial charge in [-0.3, -0.25) is 0 Å². The molecule has 1 atom stereocenters. The number of hydrogen-bond donors (Lipinski definition) is 2. The molecule has 0 aliphatic carbocycles. The summed E-state index contributed by atoms with van der Waals surface area (Å²) in [6.45, 7) is 0.421. The highest BCUT2D eigenvalue weighted by Gasteiger charge is 2.16. The highest BCUT2D eigenvalue weighted by molar-refractivity contribution is 5.49. The van der Waals surface area contributed by atoms with Gasteiger partial charge < -0.3 is 15.1 Å². The fraction of sp³-hybridized carbons (Fsp3) is 0.500. The lowest BCUT2D eigenvalue weighted by molar-refractivity contribution is 0.152. The normalized spacial score (nSPS) is 12.8. The zero-order valence-corrected chi connectivity index (χ0v) is 9.98. The molecule has 3 nitrogen and oxygen atoms in total. The minimum absolute atomic E-state index is 0.00579. The molecule has 2 N–H and O–H groups in total. The molecule has 6 heteroatoms. The lowest BCUT2D eigenvalue weighted by atomic mass is 10.1. The average molecular weight is 263 g/mol. The first-order valence-electron chi connectivity index (χ1n) is 5.57. The topological polar surface area (TPSA) is 43.7 Å². The highest BCUT2D eigenvalue weighted by Crippen LogP contribution is 2.24. The van der Waals surface area contributed by atoms with Crippen molar-refractivity contribution >= 4 is 5.69 Å². The molecule has 1 aromatic carbocycles. The van der Waals surface area contributed by atoms with Crippen molar-refractivity contribution in [2.24, 2.45) is 0 Å². The number of nitrogens with zero attached hydrogens (tertiary/aromatic N) is 1. The van der Waals surface area contributed by atoms with Gasteiger partial charge in [-0.15, -0.1) is 0 Å². The van der Waals surface area contributed by atoms with Gasteiger partial charge in [0.1, 0.15) is 5.82 Å². The maximum atomic E-state index is 13.8. The molecule has 1 rings (SSSR count). The van der Waals surface area contributed by atoms with Crippen LogP contribution in [-0.4, -0.2) is 36.3 Å². The van der Waals surface area contributed by atoms with Crippen LogP contribution in [0.4, 0.5) is 18.9 Å². The Bertz CT molecular complexity index is 386. The smallest absolute Gasteiger partial charge is 0.255 e. The number of benzene rings is 1. The molecule has 0 bridgehead atoms. The molecule has 0 heterocycles. The summed E-state index contributed by atoms with van der Waals surface area (Å²) in [5.41, 5.74) is 0.367. The maximum absolute atomic E-state index is 13.8. The van der Waals surface area contributed by atoms with Crippen LogP contribution in [0.2, 0.25) is 0 Å². The van der Waals surface area contributed by atoms with Crippen LogP contribution in [0.5, 0.6) is 0 Å². The fourth-order valence-corrected chi connectivity index (χ4v) is 1.64. The Kier molecular flexibility index (Phi) is 5.43. The van der Waals surface area contributed by atoms with E-state index in [2.05, 4.69) is 0 Å². The number of aliphatic hydroxyl groups excluding tert-OH is 2. The minimum atomic E-state index is -2.62. The summed E-state index contributed by atoms with van der Waals surface area (Å²) in [6.07, 6.45) is -3.44. The molecule has 18 heavy (non-hydrogen) atoms. The van der Waals surface area contributed by atoms with E-state index in [9.17, 15) is 18.3 Å². The Balaban J connectivity index is 2.97. The van der Waals surface area contributed by atoms with Crippen molar-refractivity contribution in [3.8, 4) is 0 Å². The van der Waals surface area contributed by atoms with Crippen LogP contribution in [0.25, 0.3) is 0 Å². The molecule has 0 fully saturated rings. The largest absolute Gasteiger partial charge is 0.395 e. The fourth-order valence-electron chi connectivity index (χ4n) is 1.64. The predicted molar refractivity (Wildman–Crippen MR) is 62.3 cm³/mol. The van der Waals surface area contributed by atoms with Crippen LogP contribution < -0.4 is 4.90 Å². The van der Waals surface area contributed by atoms with Crippen LogP contribution >= 0.6 is 0 Å². The van der Waals surface area contributed by atoms with Crippen LogP contribution in [-0.2, 0) is 0 Å². The summed E-state index contributed by atoms with van der Waals surface area (Å²) in [5, 5.41) is 18.1. The third kappa shape index (κ3) is 3.89. The van der Waals surface area contributed by atoms with E-state index in [-0.39, 0.29) is 18.8 Å². The molecular weight excluding hydrogens is 247 g/mol. The minimum Gasteiger partial charge on any atom is -0.395 e. The second-order valence-electron chi connectivity index (χ2n) is 3.95. The first-order chi connectivity index (χ1) is 8.45. The van der Waals surface area contributed by atoms with Crippen molar-refractivity contribution in [1.29, 1.82) is 0 Å². The molecule has 0 aliphatic rings. The number of aliphatic hydroxyl groups is 2. The third-order valence-electron chi connectivity index (χ3n) is 2.52. The first-order valence-corrected chi connectivity index (χ1v) is 5.57. The summed E-state index contributed by atoms with van der Waals surface area (Å²) >= 11 is 0. The summed E-state index contributed by atoms with van der Waals surface area (Å²) in [5.74, 6) is -0.692. The Hall–Kier alpha value is -1.27. The average Bonchev–Trinajstić information content (AvgIpc) is 2.27. The van der Waals surface area contributed by atoms with E-state index in [1.807, 2.05) is 0 Å². The second kappa shape index (κ2) is 6.61. The van der Waals surface area contributed by atoms with Crippen LogP contribution in [0.1, 0.15) is 18.6 Å². The Morgan fingerprint density at radius 2 is 2.00 bits per heavy atom. The quantitative estimate of drug-likeness (QED) is 0.824. The van der Waals surface area contributed by atoms with E-state index in [1.54, 1.807) is 0 Å². The van der Waals surface area contributed by atoms with Gasteiger partial charge in [-0.2, -0.15) is 0 Å². The van der Waals surface area contributed by atoms with Crippen molar-refractivity contribution in [1.82, 2.24) is 0 Å². The van der Waals surface area contributed by atoms with Gasteiger partial charge in [0.25, 0.3) is 6.43 Å².